The highest BCUT2D eigenvalue weighted by Gasteiger charge is 2.14. The average molecular weight is 225 g/mol. The van der Waals surface area contributed by atoms with Gasteiger partial charge in [-0.2, -0.15) is 0 Å². The highest BCUT2D eigenvalue weighted by Crippen LogP contribution is 2.20. The topological polar surface area (TPSA) is 52.3 Å². The van der Waals surface area contributed by atoms with E-state index >= 15 is 0 Å². The second kappa shape index (κ2) is 5.61. The van der Waals surface area contributed by atoms with Gasteiger partial charge < -0.3 is 10.5 Å². The lowest BCUT2D eigenvalue weighted by molar-refractivity contribution is -0.143. The molecule has 0 heterocycles. The van der Waals surface area contributed by atoms with Gasteiger partial charge in [0.25, 0.3) is 0 Å². The Morgan fingerprint density at radius 3 is 2.88 bits per heavy atom. The van der Waals surface area contributed by atoms with Gasteiger partial charge in [-0.3, -0.25) is 4.79 Å². The third-order valence-corrected chi connectivity index (χ3v) is 2.33. The molecule has 1 aromatic carbocycles. The summed E-state index contributed by atoms with van der Waals surface area (Å²) in [5.74, 6) is -0.710. The van der Waals surface area contributed by atoms with Crippen molar-refractivity contribution in [2.45, 2.75) is 26.3 Å². The Morgan fingerprint density at radius 1 is 1.56 bits per heavy atom. The number of esters is 1. The SMILES string of the molecule is CCOC(=O)CC(N)c1cc(F)ccc1C. The maximum absolute atomic E-state index is 13.0. The quantitative estimate of drug-likeness (QED) is 0.798. The van der Waals surface area contributed by atoms with Crippen LogP contribution in [0.1, 0.15) is 30.5 Å². The van der Waals surface area contributed by atoms with E-state index in [9.17, 15) is 9.18 Å². The van der Waals surface area contributed by atoms with Gasteiger partial charge in [-0.25, -0.2) is 4.39 Å². The number of carbonyl (C=O) groups is 1. The summed E-state index contributed by atoms with van der Waals surface area (Å²) in [6, 6.07) is 3.86. The molecule has 1 unspecified atom stereocenters. The molecule has 4 heteroatoms. The summed E-state index contributed by atoms with van der Waals surface area (Å²) >= 11 is 0. The van der Waals surface area contributed by atoms with Gasteiger partial charge in [-0.15, -0.1) is 0 Å². The third kappa shape index (κ3) is 3.31. The number of aryl methyl sites for hydroxylation is 1. The van der Waals surface area contributed by atoms with Crippen LogP contribution in [0.15, 0.2) is 18.2 Å². The van der Waals surface area contributed by atoms with Crippen molar-refractivity contribution in [2.75, 3.05) is 6.61 Å². The van der Waals surface area contributed by atoms with Crippen molar-refractivity contribution in [3.8, 4) is 0 Å². The van der Waals surface area contributed by atoms with Crippen molar-refractivity contribution >= 4 is 5.97 Å². The molecule has 0 saturated carbocycles. The lowest BCUT2D eigenvalue weighted by Gasteiger charge is -2.13. The second-order valence-corrected chi connectivity index (χ2v) is 3.62. The molecule has 2 N–H and O–H groups in total. The maximum Gasteiger partial charge on any atom is 0.307 e. The molecule has 1 rings (SSSR count). The van der Waals surface area contributed by atoms with Gasteiger partial charge >= 0.3 is 5.97 Å². The number of halogens is 1. The average Bonchev–Trinajstić information content (AvgIpc) is 2.21. The van der Waals surface area contributed by atoms with E-state index in [1.807, 2.05) is 6.92 Å². The van der Waals surface area contributed by atoms with E-state index in [0.29, 0.717) is 12.2 Å². The first-order valence-electron chi connectivity index (χ1n) is 5.21. The molecule has 0 saturated heterocycles. The first-order valence-corrected chi connectivity index (χ1v) is 5.21. The molecular formula is C12H16FNO2. The van der Waals surface area contributed by atoms with Crippen LogP contribution in [-0.4, -0.2) is 12.6 Å². The van der Waals surface area contributed by atoms with E-state index in [2.05, 4.69) is 0 Å². The lowest BCUT2D eigenvalue weighted by Crippen LogP contribution is -2.18. The highest BCUT2D eigenvalue weighted by molar-refractivity contribution is 5.70. The lowest BCUT2D eigenvalue weighted by atomic mass is 9.99. The molecule has 0 aromatic heterocycles. The highest BCUT2D eigenvalue weighted by atomic mass is 19.1. The fraction of sp³-hybridized carbons (Fsp3) is 0.417. The molecule has 1 aromatic rings. The Kier molecular flexibility index (Phi) is 4.43. The summed E-state index contributed by atoms with van der Waals surface area (Å²) in [7, 11) is 0. The van der Waals surface area contributed by atoms with Crippen molar-refractivity contribution in [3.63, 3.8) is 0 Å². The van der Waals surface area contributed by atoms with Gasteiger partial charge in [-0.1, -0.05) is 6.07 Å². The molecule has 0 radical (unpaired) electrons. The largest absolute Gasteiger partial charge is 0.466 e. The van der Waals surface area contributed by atoms with Crippen LogP contribution >= 0.6 is 0 Å². The van der Waals surface area contributed by atoms with Gasteiger partial charge in [0.2, 0.25) is 0 Å². The van der Waals surface area contributed by atoms with E-state index in [-0.39, 0.29) is 18.2 Å². The molecule has 0 bridgehead atoms. The summed E-state index contributed by atoms with van der Waals surface area (Å²) < 4.78 is 17.8. The summed E-state index contributed by atoms with van der Waals surface area (Å²) in [5.41, 5.74) is 7.35. The van der Waals surface area contributed by atoms with Crippen molar-refractivity contribution in [1.29, 1.82) is 0 Å². The number of benzene rings is 1. The third-order valence-electron chi connectivity index (χ3n) is 2.33. The standard InChI is InChI=1S/C12H16FNO2/c1-3-16-12(15)7-11(14)10-6-9(13)5-4-8(10)2/h4-6,11H,3,7,14H2,1-2H3. The zero-order valence-corrected chi connectivity index (χ0v) is 9.50. The van der Waals surface area contributed by atoms with Crippen LogP contribution in [0.25, 0.3) is 0 Å². The zero-order chi connectivity index (χ0) is 12.1. The van der Waals surface area contributed by atoms with E-state index in [1.54, 1.807) is 13.0 Å². The van der Waals surface area contributed by atoms with Crippen LogP contribution in [0.4, 0.5) is 4.39 Å². The summed E-state index contributed by atoms with van der Waals surface area (Å²) in [6.45, 7) is 3.89. The fourth-order valence-electron chi connectivity index (χ4n) is 1.52. The maximum atomic E-state index is 13.0. The Labute approximate surface area is 94.4 Å². The van der Waals surface area contributed by atoms with E-state index in [4.69, 9.17) is 10.5 Å². The molecular weight excluding hydrogens is 209 g/mol. The number of ether oxygens (including phenoxy) is 1. The van der Waals surface area contributed by atoms with Crippen LogP contribution in [-0.2, 0) is 9.53 Å². The predicted molar refractivity (Wildman–Crippen MR) is 59.3 cm³/mol. The Balaban J connectivity index is 2.76. The van der Waals surface area contributed by atoms with E-state index in [1.165, 1.54) is 12.1 Å². The van der Waals surface area contributed by atoms with Gasteiger partial charge in [0.1, 0.15) is 5.82 Å². The van der Waals surface area contributed by atoms with Gasteiger partial charge in [-0.05, 0) is 37.1 Å². The molecule has 1 atom stereocenters. The molecule has 0 fully saturated rings. The first kappa shape index (κ1) is 12.6. The summed E-state index contributed by atoms with van der Waals surface area (Å²) in [5, 5.41) is 0. The molecule has 16 heavy (non-hydrogen) atoms. The van der Waals surface area contributed by atoms with Crippen molar-refractivity contribution in [3.05, 3.63) is 35.1 Å². The molecule has 0 aliphatic rings. The van der Waals surface area contributed by atoms with Gasteiger partial charge in [0.15, 0.2) is 0 Å². The van der Waals surface area contributed by atoms with Crippen molar-refractivity contribution in [2.24, 2.45) is 5.73 Å². The Morgan fingerprint density at radius 2 is 2.25 bits per heavy atom. The molecule has 0 spiro atoms. The first-order chi connectivity index (χ1) is 7.54. The van der Waals surface area contributed by atoms with E-state index < -0.39 is 6.04 Å². The minimum atomic E-state index is -0.519. The number of nitrogens with two attached hydrogens (primary N) is 1. The molecule has 0 aliphatic carbocycles. The zero-order valence-electron chi connectivity index (χ0n) is 9.50. The van der Waals surface area contributed by atoms with Gasteiger partial charge in [0.05, 0.1) is 13.0 Å². The smallest absolute Gasteiger partial charge is 0.307 e. The summed E-state index contributed by atoms with van der Waals surface area (Å²) in [6.07, 6.45) is 0.0676. The monoisotopic (exact) mass is 225 g/mol. The molecule has 88 valence electrons. The number of hydrogen-bond donors (Lipinski definition) is 1. The van der Waals surface area contributed by atoms with Crippen molar-refractivity contribution in [1.82, 2.24) is 0 Å². The van der Waals surface area contributed by atoms with Crippen LogP contribution < -0.4 is 5.73 Å². The van der Waals surface area contributed by atoms with Gasteiger partial charge in [0, 0.05) is 6.04 Å². The summed E-state index contributed by atoms with van der Waals surface area (Å²) in [4.78, 5) is 11.2. The van der Waals surface area contributed by atoms with E-state index in [0.717, 1.165) is 5.56 Å². The number of hydrogen-bond acceptors (Lipinski definition) is 3. The van der Waals surface area contributed by atoms with Crippen LogP contribution in [0, 0.1) is 12.7 Å². The molecule has 0 amide bonds. The second-order valence-electron chi connectivity index (χ2n) is 3.62. The van der Waals surface area contributed by atoms with Crippen LogP contribution in [0.3, 0.4) is 0 Å². The Bertz CT molecular complexity index is 379. The van der Waals surface area contributed by atoms with Crippen molar-refractivity contribution < 1.29 is 13.9 Å². The number of rotatable bonds is 4. The van der Waals surface area contributed by atoms with Crippen LogP contribution in [0.5, 0.6) is 0 Å². The normalized spacial score (nSPS) is 12.2. The molecule has 0 aliphatic heterocycles. The Hall–Kier alpha value is -1.42. The fourth-order valence-corrected chi connectivity index (χ4v) is 1.52. The minimum Gasteiger partial charge on any atom is -0.466 e. The minimum absolute atomic E-state index is 0.0676. The van der Waals surface area contributed by atoms with Crippen LogP contribution in [0.2, 0.25) is 0 Å². The predicted octanol–water partition coefficient (Wildman–Crippen LogP) is 2.09. The molecule has 3 nitrogen and oxygen atoms in total. The number of carbonyl (C=O) groups excluding carboxylic acids is 1.